The van der Waals surface area contributed by atoms with Gasteiger partial charge in [0, 0.05) is 0 Å². The smallest absolute Gasteiger partial charge is 0.412 e. The summed E-state index contributed by atoms with van der Waals surface area (Å²) in [6, 6.07) is 0. The van der Waals surface area contributed by atoms with Crippen LogP contribution in [-0.4, -0.2) is 11.6 Å². The Balaban J connectivity index is 0.000000640. The molecule has 0 saturated carbocycles. The summed E-state index contributed by atoms with van der Waals surface area (Å²) in [5.41, 5.74) is 4.90. The van der Waals surface area contributed by atoms with Gasteiger partial charge < -0.3 is 20.7 Å². The second-order valence-electron chi connectivity index (χ2n) is 1.07. The Morgan fingerprint density at radius 1 is 1.78 bits per heavy atom. The van der Waals surface area contributed by atoms with Gasteiger partial charge in [0.15, 0.2) is 0 Å². The van der Waals surface area contributed by atoms with Crippen molar-refractivity contribution >= 4 is 6.34 Å². The van der Waals surface area contributed by atoms with E-state index in [-0.39, 0.29) is 35.4 Å². The molecule has 0 aliphatic carbocycles. The van der Waals surface area contributed by atoms with E-state index >= 15 is 0 Å². The molecule has 0 aromatic carbocycles. The van der Waals surface area contributed by atoms with Crippen molar-refractivity contribution in [1.82, 2.24) is 10.9 Å². The van der Waals surface area contributed by atoms with Gasteiger partial charge in [0.05, 0.1) is 0 Å². The molecule has 1 aliphatic heterocycles. The predicted octanol–water partition coefficient (Wildman–Crippen LogP) is -3.71. The number of nitrogens with zero attached hydrogens (tertiary/aromatic N) is 1. The molecular formula is C3H4N3NaO2. The fraction of sp³-hybridized carbons (Fsp3) is 0. The summed E-state index contributed by atoms with van der Waals surface area (Å²) in [5, 5.41) is 7.92. The molecule has 0 aromatic heterocycles. The molecular weight excluding hydrogens is 133 g/mol. The first-order valence-electron chi connectivity index (χ1n) is 1.91. The predicted molar refractivity (Wildman–Crippen MR) is 25.5 cm³/mol. The van der Waals surface area contributed by atoms with Crippen molar-refractivity contribution in [2.24, 2.45) is 4.99 Å². The van der Waals surface area contributed by atoms with Crippen molar-refractivity contribution < 1.29 is 39.7 Å². The van der Waals surface area contributed by atoms with Crippen LogP contribution in [0.15, 0.2) is 17.1 Å². The van der Waals surface area contributed by atoms with Crippen LogP contribution in [0, 0.1) is 0 Å². The molecule has 0 spiro atoms. The van der Waals surface area contributed by atoms with Crippen LogP contribution in [0.4, 0.5) is 0 Å². The number of nitrogens with one attached hydrogen (secondary N) is 2. The maximum absolute atomic E-state index is 7.92. The molecule has 3 N–H and O–H groups in total. The van der Waals surface area contributed by atoms with E-state index in [4.69, 9.17) is 5.26 Å². The van der Waals surface area contributed by atoms with Crippen LogP contribution in [0.2, 0.25) is 0 Å². The molecule has 6 heteroatoms. The third kappa shape index (κ3) is 2.71. The Hall–Kier alpha value is -0.230. The zero-order valence-electron chi connectivity index (χ0n) is 4.88. The van der Waals surface area contributed by atoms with E-state index in [9.17, 15) is 0 Å². The minimum absolute atomic E-state index is 0. The topological polar surface area (TPSA) is 65.9 Å². The normalized spacial score (nSPS) is 14.1. The van der Waals surface area contributed by atoms with Crippen LogP contribution in [0.3, 0.4) is 0 Å². The molecule has 1 rings (SSSR count). The first-order valence-corrected chi connectivity index (χ1v) is 1.91. The summed E-state index contributed by atoms with van der Waals surface area (Å²) in [7, 11) is 0. The van der Waals surface area contributed by atoms with E-state index in [0.717, 1.165) is 0 Å². The summed E-state index contributed by atoms with van der Waals surface area (Å²) in [4.78, 5) is 7.13. The van der Waals surface area contributed by atoms with E-state index in [0.29, 0.717) is 0 Å². The van der Waals surface area contributed by atoms with Crippen molar-refractivity contribution in [3.8, 4) is 0 Å². The van der Waals surface area contributed by atoms with Gasteiger partial charge >= 0.3 is 29.6 Å². The number of hydrogen-bond donors (Lipinski definition) is 3. The molecule has 0 saturated heterocycles. The summed E-state index contributed by atoms with van der Waals surface area (Å²) in [6.45, 7) is 0. The first-order chi connectivity index (χ1) is 3.93. The number of aliphatic imine (C=N–C) groups is 1. The second-order valence-corrected chi connectivity index (χ2v) is 1.07. The van der Waals surface area contributed by atoms with E-state index < -0.39 is 0 Å². The molecule has 0 radical (unpaired) electrons. The van der Waals surface area contributed by atoms with Gasteiger partial charge in [-0.2, -0.15) is 0 Å². The third-order valence-corrected chi connectivity index (χ3v) is 0.583. The van der Waals surface area contributed by atoms with E-state index in [1.165, 1.54) is 6.20 Å². The Labute approximate surface area is 74.0 Å². The van der Waals surface area contributed by atoms with Crippen LogP contribution in [0.1, 0.15) is 0 Å². The average molecular weight is 137 g/mol. The Bertz CT molecular complexity index is 135. The zero-order chi connectivity index (χ0) is 5.82. The van der Waals surface area contributed by atoms with E-state index in [1.807, 2.05) is 0 Å². The van der Waals surface area contributed by atoms with Gasteiger partial charge in [-0.1, -0.05) is 0 Å². The fourth-order valence-electron chi connectivity index (χ4n) is 0.292. The average Bonchev–Trinajstić information content (AvgIpc) is 1.90. The third-order valence-electron chi connectivity index (χ3n) is 0.583. The monoisotopic (exact) mass is 137 g/mol. The minimum atomic E-state index is 0. The summed E-state index contributed by atoms with van der Waals surface area (Å²) >= 11 is 0. The molecule has 0 amide bonds. The molecule has 44 valence electrons. The molecule has 0 aromatic rings. The van der Waals surface area contributed by atoms with Crippen molar-refractivity contribution in [2.45, 2.75) is 0 Å². The fourth-order valence-corrected chi connectivity index (χ4v) is 0.292. The van der Waals surface area contributed by atoms with E-state index in [1.54, 1.807) is 0 Å². The van der Waals surface area contributed by atoms with Gasteiger partial charge in [-0.25, -0.2) is 5.26 Å². The van der Waals surface area contributed by atoms with Gasteiger partial charge in [0.1, 0.15) is 5.88 Å². The summed E-state index contributed by atoms with van der Waals surface area (Å²) in [5.74, 6) is 0.0729. The van der Waals surface area contributed by atoms with Gasteiger partial charge in [0.2, 0.25) is 0 Å². The zero-order valence-corrected chi connectivity index (χ0v) is 6.88. The number of hydrazine groups is 1. The number of rotatable bonds is 1. The van der Waals surface area contributed by atoms with E-state index in [2.05, 4.69) is 27.1 Å². The van der Waals surface area contributed by atoms with Crippen molar-refractivity contribution in [3.63, 3.8) is 0 Å². The van der Waals surface area contributed by atoms with Crippen molar-refractivity contribution in [2.75, 3.05) is 0 Å². The summed E-state index contributed by atoms with van der Waals surface area (Å²) < 4.78 is 0. The van der Waals surface area contributed by atoms with Gasteiger partial charge in [-0.3, -0.25) is 0 Å². The summed E-state index contributed by atoms with van der Waals surface area (Å²) in [6.07, 6.45) is 3.64. The van der Waals surface area contributed by atoms with Crippen molar-refractivity contribution in [1.29, 1.82) is 0 Å². The molecule has 1 heterocycles. The first kappa shape index (κ1) is 8.77. The van der Waals surface area contributed by atoms with Gasteiger partial charge in [-0.15, -0.1) is 0 Å². The quantitative estimate of drug-likeness (QED) is 0.150. The Kier molecular flexibility index (Phi) is 4.51. The largest absolute Gasteiger partial charge is 1.00 e. The Morgan fingerprint density at radius 3 is 2.89 bits per heavy atom. The van der Waals surface area contributed by atoms with Crippen LogP contribution in [-0.2, 0) is 4.89 Å². The van der Waals surface area contributed by atoms with Crippen LogP contribution in [0.5, 0.6) is 0 Å². The molecule has 0 unspecified atom stereocenters. The van der Waals surface area contributed by atoms with Crippen LogP contribution in [0.25, 0.3) is 0 Å². The SMILES string of the molecule is OOC1=CNN[C-]=N1.[Na+]. The van der Waals surface area contributed by atoms with Gasteiger partial charge in [-0.05, 0) is 12.5 Å². The van der Waals surface area contributed by atoms with Crippen LogP contribution < -0.4 is 40.4 Å². The second kappa shape index (κ2) is 4.63. The molecule has 0 fully saturated rings. The molecule has 1 aliphatic rings. The minimum Gasteiger partial charge on any atom is -0.412 e. The van der Waals surface area contributed by atoms with Crippen molar-refractivity contribution in [3.05, 3.63) is 12.1 Å². The Morgan fingerprint density at radius 2 is 2.56 bits per heavy atom. The molecule has 5 nitrogen and oxygen atoms in total. The standard InChI is InChI=1S/C3H4N3O2.Na/c7-8-3-1-5-6-2-4-3;/h1,5,7H,(H,4,6);/q-1;+1. The van der Waals surface area contributed by atoms with Crippen LogP contribution >= 0.6 is 0 Å². The van der Waals surface area contributed by atoms with Gasteiger partial charge in [0.25, 0.3) is 0 Å². The maximum Gasteiger partial charge on any atom is 1.00 e. The molecule has 9 heavy (non-hydrogen) atoms. The molecule has 0 atom stereocenters. The number of hydrogen-bond acceptors (Lipinski definition) is 5. The maximum atomic E-state index is 7.92. The molecule has 0 bridgehead atoms.